The van der Waals surface area contributed by atoms with Gasteiger partial charge in [0.05, 0.1) is 35.2 Å². The molecule has 6 nitrogen and oxygen atoms in total. The summed E-state index contributed by atoms with van der Waals surface area (Å²) in [4.78, 5) is 29.6. The summed E-state index contributed by atoms with van der Waals surface area (Å²) in [5.74, 6) is -0.451. The minimum atomic E-state index is -4.53. The van der Waals surface area contributed by atoms with Crippen LogP contribution in [0.5, 0.6) is 0 Å². The summed E-state index contributed by atoms with van der Waals surface area (Å²) in [5, 5.41) is 7.49. The van der Waals surface area contributed by atoms with Gasteiger partial charge in [0.1, 0.15) is 0 Å². The number of carbonyl (C=O) groups is 2. The van der Waals surface area contributed by atoms with Crippen molar-refractivity contribution < 1.29 is 27.2 Å². The van der Waals surface area contributed by atoms with E-state index in [-0.39, 0.29) is 23.4 Å². The van der Waals surface area contributed by atoms with Gasteiger partial charge in [0.15, 0.2) is 10.8 Å². The highest BCUT2D eigenvalue weighted by Gasteiger charge is 2.30. The van der Waals surface area contributed by atoms with Crippen LogP contribution in [0.4, 0.5) is 24.5 Å². The zero-order chi connectivity index (χ0) is 23.4. The number of amides is 2. The first kappa shape index (κ1) is 22.3. The van der Waals surface area contributed by atoms with Crippen molar-refractivity contribution in [1.29, 1.82) is 0 Å². The van der Waals surface area contributed by atoms with Gasteiger partial charge in [-0.3, -0.25) is 9.59 Å². The Morgan fingerprint density at radius 1 is 1.00 bits per heavy atom. The Labute approximate surface area is 190 Å². The topological polar surface area (TPSA) is 84.2 Å². The molecule has 0 unspecified atom stereocenters. The first-order valence-electron chi connectivity index (χ1n) is 9.65. The number of furan rings is 1. The van der Waals surface area contributed by atoms with E-state index in [1.54, 1.807) is 29.6 Å². The van der Waals surface area contributed by atoms with Gasteiger partial charge in [0.25, 0.3) is 5.91 Å². The Hall–Kier alpha value is -3.92. The molecule has 0 atom stereocenters. The van der Waals surface area contributed by atoms with Crippen LogP contribution in [0.1, 0.15) is 21.6 Å². The van der Waals surface area contributed by atoms with Crippen molar-refractivity contribution in [3.05, 3.63) is 89.1 Å². The molecule has 0 spiro atoms. The van der Waals surface area contributed by atoms with Crippen LogP contribution in [0.25, 0.3) is 10.8 Å². The molecule has 0 radical (unpaired) electrons. The van der Waals surface area contributed by atoms with Crippen molar-refractivity contribution in [3.63, 3.8) is 0 Å². The van der Waals surface area contributed by atoms with Crippen LogP contribution in [0.15, 0.2) is 76.7 Å². The third kappa shape index (κ3) is 5.47. The number of para-hydroxylation sites is 1. The average Bonchev–Trinajstić information content (AvgIpc) is 3.45. The van der Waals surface area contributed by atoms with Crippen molar-refractivity contribution in [2.24, 2.45) is 0 Å². The van der Waals surface area contributed by atoms with Crippen molar-refractivity contribution >= 4 is 34.5 Å². The fourth-order valence-electron chi connectivity index (χ4n) is 3.02. The largest absolute Gasteiger partial charge is 0.462 e. The molecule has 2 aromatic heterocycles. The summed E-state index contributed by atoms with van der Waals surface area (Å²) in [6, 6.07) is 14.1. The van der Waals surface area contributed by atoms with Crippen LogP contribution in [-0.2, 0) is 17.4 Å². The number of benzene rings is 2. The molecule has 0 aliphatic heterocycles. The second kappa shape index (κ2) is 9.29. The standard InChI is InChI=1S/C23H16F3N3O3S/c24-23(25,26)14-5-3-6-15(11-14)27-21(31)17-7-1-2-8-18(17)29-20(30)12-16-13-33-22(28-16)19-9-4-10-32-19/h1-11,13H,12H2,(H,27,31)(H,29,30). The third-order valence-electron chi connectivity index (χ3n) is 4.52. The van der Waals surface area contributed by atoms with E-state index in [0.717, 1.165) is 12.1 Å². The number of nitrogens with zero attached hydrogens (tertiary/aromatic N) is 1. The highest BCUT2D eigenvalue weighted by molar-refractivity contribution is 7.13. The molecule has 4 rings (SSSR count). The fourth-order valence-corrected chi connectivity index (χ4v) is 3.81. The number of rotatable bonds is 6. The zero-order valence-corrected chi connectivity index (χ0v) is 17.7. The fraction of sp³-hybridized carbons (Fsp3) is 0.0870. The van der Waals surface area contributed by atoms with Crippen molar-refractivity contribution in [2.75, 3.05) is 10.6 Å². The molecule has 10 heteroatoms. The average molecular weight is 471 g/mol. The second-order valence-corrected chi connectivity index (χ2v) is 7.78. The Balaban J connectivity index is 1.45. The predicted octanol–water partition coefficient (Wildman–Crippen LogP) is 5.86. The van der Waals surface area contributed by atoms with Crippen molar-refractivity contribution in [1.82, 2.24) is 4.98 Å². The maximum atomic E-state index is 12.9. The lowest BCUT2D eigenvalue weighted by molar-refractivity contribution is -0.137. The smallest absolute Gasteiger partial charge is 0.416 e. The SMILES string of the molecule is O=C(Cc1csc(-c2ccco2)n1)Nc1ccccc1C(=O)Nc1cccc(C(F)(F)F)c1. The maximum Gasteiger partial charge on any atom is 0.416 e. The van der Waals surface area contributed by atoms with E-state index >= 15 is 0 Å². The number of hydrogen-bond acceptors (Lipinski definition) is 5. The molecule has 2 heterocycles. The third-order valence-corrected chi connectivity index (χ3v) is 5.42. The number of aromatic nitrogens is 1. The number of nitrogens with one attached hydrogen (secondary N) is 2. The Morgan fingerprint density at radius 2 is 1.82 bits per heavy atom. The van der Waals surface area contributed by atoms with Crippen LogP contribution >= 0.6 is 11.3 Å². The van der Waals surface area contributed by atoms with Crippen LogP contribution in [0, 0.1) is 0 Å². The Morgan fingerprint density at radius 3 is 2.58 bits per heavy atom. The minimum Gasteiger partial charge on any atom is -0.462 e. The summed E-state index contributed by atoms with van der Waals surface area (Å²) in [6.07, 6.45) is -3.02. The van der Waals surface area contributed by atoms with E-state index in [2.05, 4.69) is 15.6 Å². The molecule has 0 aliphatic carbocycles. The summed E-state index contributed by atoms with van der Waals surface area (Å²) < 4.78 is 44.1. The summed E-state index contributed by atoms with van der Waals surface area (Å²) in [6.45, 7) is 0. The molecule has 0 fully saturated rings. The highest BCUT2D eigenvalue weighted by atomic mass is 32.1. The molecule has 0 saturated heterocycles. The van der Waals surface area contributed by atoms with Crippen LogP contribution in [-0.4, -0.2) is 16.8 Å². The van der Waals surface area contributed by atoms with E-state index in [9.17, 15) is 22.8 Å². The quantitative estimate of drug-likeness (QED) is 0.369. The summed E-state index contributed by atoms with van der Waals surface area (Å²) in [7, 11) is 0. The Kier molecular flexibility index (Phi) is 6.27. The molecule has 0 bridgehead atoms. The van der Waals surface area contributed by atoms with Gasteiger partial charge in [-0.25, -0.2) is 4.98 Å². The van der Waals surface area contributed by atoms with Gasteiger partial charge in [-0.1, -0.05) is 18.2 Å². The van der Waals surface area contributed by atoms with Gasteiger partial charge in [-0.2, -0.15) is 13.2 Å². The van der Waals surface area contributed by atoms with Gasteiger partial charge >= 0.3 is 6.18 Å². The molecule has 33 heavy (non-hydrogen) atoms. The molecule has 2 N–H and O–H groups in total. The van der Waals surface area contributed by atoms with Gasteiger partial charge < -0.3 is 15.1 Å². The first-order valence-corrected chi connectivity index (χ1v) is 10.5. The number of thiazole rings is 1. The predicted molar refractivity (Wildman–Crippen MR) is 118 cm³/mol. The molecule has 4 aromatic rings. The molecule has 0 saturated carbocycles. The van der Waals surface area contributed by atoms with Crippen LogP contribution < -0.4 is 10.6 Å². The second-order valence-electron chi connectivity index (χ2n) is 6.92. The molecule has 2 aromatic carbocycles. The lowest BCUT2D eigenvalue weighted by atomic mass is 10.1. The van der Waals surface area contributed by atoms with Gasteiger partial charge in [-0.15, -0.1) is 11.3 Å². The highest BCUT2D eigenvalue weighted by Crippen LogP contribution is 2.31. The minimum absolute atomic E-state index is 0.0103. The monoisotopic (exact) mass is 471 g/mol. The van der Waals surface area contributed by atoms with Gasteiger partial charge in [0.2, 0.25) is 5.91 Å². The van der Waals surface area contributed by atoms with Crippen molar-refractivity contribution in [2.45, 2.75) is 12.6 Å². The number of carbonyl (C=O) groups excluding carboxylic acids is 2. The van der Waals surface area contributed by atoms with E-state index in [4.69, 9.17) is 4.42 Å². The van der Waals surface area contributed by atoms with Gasteiger partial charge in [0, 0.05) is 11.1 Å². The normalized spacial score (nSPS) is 11.2. The van der Waals surface area contributed by atoms with E-state index in [1.165, 1.54) is 41.9 Å². The zero-order valence-electron chi connectivity index (χ0n) is 16.8. The lowest BCUT2D eigenvalue weighted by Gasteiger charge is -2.12. The first-order chi connectivity index (χ1) is 15.8. The van der Waals surface area contributed by atoms with E-state index in [1.807, 2.05) is 0 Å². The van der Waals surface area contributed by atoms with E-state index in [0.29, 0.717) is 16.5 Å². The van der Waals surface area contributed by atoms with Gasteiger partial charge in [-0.05, 0) is 42.5 Å². The maximum absolute atomic E-state index is 12.9. The summed E-state index contributed by atoms with van der Waals surface area (Å²) >= 11 is 1.34. The molecular formula is C23H16F3N3O3S. The Bertz CT molecular complexity index is 1280. The number of halogens is 3. The molecule has 2 amide bonds. The van der Waals surface area contributed by atoms with E-state index < -0.39 is 23.6 Å². The number of anilines is 2. The summed E-state index contributed by atoms with van der Waals surface area (Å²) in [5.41, 5.74) is -0.0102. The van der Waals surface area contributed by atoms with Crippen LogP contribution in [0.3, 0.4) is 0 Å². The molecule has 168 valence electrons. The number of hydrogen-bond donors (Lipinski definition) is 2. The molecular weight excluding hydrogens is 455 g/mol. The number of alkyl halides is 3. The molecule has 0 aliphatic rings. The van der Waals surface area contributed by atoms with Crippen LogP contribution in [0.2, 0.25) is 0 Å². The van der Waals surface area contributed by atoms with Crippen molar-refractivity contribution in [3.8, 4) is 10.8 Å². The lowest BCUT2D eigenvalue weighted by Crippen LogP contribution is -2.19.